The molecule has 3 heterocycles. The minimum atomic E-state index is 0.182. The Bertz CT molecular complexity index is 982. The van der Waals surface area contributed by atoms with Crippen molar-refractivity contribution < 1.29 is 9.15 Å². The molecule has 1 aliphatic rings. The van der Waals surface area contributed by atoms with Gasteiger partial charge in [-0.25, -0.2) is 9.97 Å². The summed E-state index contributed by atoms with van der Waals surface area (Å²) in [4.78, 5) is 15.6. The van der Waals surface area contributed by atoms with Crippen molar-refractivity contribution in [1.82, 2.24) is 15.0 Å². The second-order valence-electron chi connectivity index (χ2n) is 6.66. The number of benzene rings is 1. The van der Waals surface area contributed by atoms with Gasteiger partial charge in [-0.15, -0.1) is 0 Å². The van der Waals surface area contributed by atoms with Gasteiger partial charge >= 0.3 is 0 Å². The lowest BCUT2D eigenvalue weighted by atomic mass is 10.2. The molecule has 0 N–H and O–H groups in total. The topological polar surface area (TPSA) is 64.3 Å². The Balaban J connectivity index is 1.66. The number of rotatable bonds is 4. The predicted molar refractivity (Wildman–Crippen MR) is 104 cm³/mol. The zero-order valence-electron chi connectivity index (χ0n) is 15.6. The van der Waals surface area contributed by atoms with E-state index >= 15 is 0 Å². The highest BCUT2D eigenvalue weighted by atomic mass is 16.5. The quantitative estimate of drug-likeness (QED) is 0.664. The van der Waals surface area contributed by atoms with Crippen molar-refractivity contribution in [3.63, 3.8) is 0 Å². The monoisotopic (exact) mass is 362 g/mol. The van der Waals surface area contributed by atoms with Crippen LogP contribution in [0.4, 0.5) is 5.82 Å². The molecule has 0 amide bonds. The number of fused-ring (bicyclic) bond motifs is 1. The van der Waals surface area contributed by atoms with Gasteiger partial charge in [0.05, 0.1) is 12.6 Å². The van der Waals surface area contributed by atoms with Crippen LogP contribution in [0.15, 0.2) is 34.7 Å². The van der Waals surface area contributed by atoms with Gasteiger partial charge in [-0.3, -0.25) is 0 Å². The van der Waals surface area contributed by atoms with Crippen LogP contribution in [0, 0.1) is 25.7 Å². The molecule has 4 rings (SSSR count). The van der Waals surface area contributed by atoms with Crippen molar-refractivity contribution in [2.24, 2.45) is 0 Å². The number of aryl methyl sites for hydroxylation is 2. The fourth-order valence-corrected chi connectivity index (χ4v) is 3.25. The molecule has 6 heteroatoms. The van der Waals surface area contributed by atoms with Crippen molar-refractivity contribution in [1.29, 1.82) is 0 Å². The highest BCUT2D eigenvalue weighted by Gasteiger charge is 2.23. The van der Waals surface area contributed by atoms with Crippen LogP contribution in [0.1, 0.15) is 30.1 Å². The highest BCUT2D eigenvalue weighted by Crippen LogP contribution is 2.25. The molecule has 1 saturated heterocycles. The predicted octanol–water partition coefficient (Wildman–Crippen LogP) is 3.27. The van der Waals surface area contributed by atoms with E-state index in [0.29, 0.717) is 29.5 Å². The number of hydrogen-bond acceptors (Lipinski definition) is 6. The van der Waals surface area contributed by atoms with Gasteiger partial charge in [0, 0.05) is 25.6 Å². The molecule has 2 aromatic heterocycles. The Kier molecular flexibility index (Phi) is 5.03. The lowest BCUT2D eigenvalue weighted by Gasteiger charge is -2.24. The summed E-state index contributed by atoms with van der Waals surface area (Å²) in [5.74, 6) is 8.48. The van der Waals surface area contributed by atoms with Crippen LogP contribution >= 0.6 is 0 Å². The average Bonchev–Trinajstić information content (AvgIpc) is 3.29. The molecular weight excluding hydrogens is 340 g/mol. The van der Waals surface area contributed by atoms with Crippen LogP contribution in [0.5, 0.6) is 0 Å². The van der Waals surface area contributed by atoms with Crippen LogP contribution in [-0.4, -0.2) is 40.8 Å². The summed E-state index contributed by atoms with van der Waals surface area (Å²) >= 11 is 0. The van der Waals surface area contributed by atoms with E-state index in [4.69, 9.17) is 9.15 Å². The zero-order chi connectivity index (χ0) is 18.6. The average molecular weight is 362 g/mol. The van der Waals surface area contributed by atoms with Crippen LogP contribution in [0.25, 0.3) is 11.2 Å². The first kappa shape index (κ1) is 17.5. The Labute approximate surface area is 158 Å². The fourth-order valence-electron chi connectivity index (χ4n) is 3.25. The van der Waals surface area contributed by atoms with Crippen molar-refractivity contribution in [2.45, 2.75) is 32.8 Å². The second kappa shape index (κ2) is 7.77. The number of oxazole rings is 1. The van der Waals surface area contributed by atoms with Crippen molar-refractivity contribution in [3.05, 3.63) is 47.6 Å². The molecule has 1 aliphatic heterocycles. The molecule has 27 heavy (non-hydrogen) atoms. The van der Waals surface area contributed by atoms with E-state index in [-0.39, 0.29) is 6.10 Å². The van der Waals surface area contributed by atoms with E-state index in [0.717, 1.165) is 37.4 Å². The highest BCUT2D eigenvalue weighted by molar-refractivity contribution is 5.82. The molecule has 1 aromatic carbocycles. The summed E-state index contributed by atoms with van der Waals surface area (Å²) in [5, 5.41) is 0. The maximum absolute atomic E-state index is 5.84. The molecule has 0 saturated carbocycles. The molecule has 0 unspecified atom stereocenters. The molecule has 0 radical (unpaired) electrons. The first-order chi connectivity index (χ1) is 13.2. The maximum atomic E-state index is 5.84. The van der Waals surface area contributed by atoms with E-state index < -0.39 is 0 Å². The SMILES string of the molecule is Cc1nc(N(CC#Cc2ccccc2)C[C@H]2CCCO2)c2nc(C)oc2n1. The van der Waals surface area contributed by atoms with Gasteiger partial charge in [-0.05, 0) is 31.9 Å². The maximum Gasteiger partial charge on any atom is 0.252 e. The van der Waals surface area contributed by atoms with Crippen molar-refractivity contribution >= 4 is 17.0 Å². The van der Waals surface area contributed by atoms with Crippen molar-refractivity contribution in [2.75, 3.05) is 24.6 Å². The third-order valence-corrected chi connectivity index (χ3v) is 4.48. The second-order valence-corrected chi connectivity index (χ2v) is 6.66. The van der Waals surface area contributed by atoms with Gasteiger partial charge in [0.2, 0.25) is 0 Å². The number of ether oxygens (including phenoxy) is 1. The molecule has 0 bridgehead atoms. The Morgan fingerprint density at radius 2 is 2.00 bits per heavy atom. The van der Waals surface area contributed by atoms with E-state index in [1.54, 1.807) is 0 Å². The molecule has 1 atom stereocenters. The minimum Gasteiger partial charge on any atom is -0.422 e. The standard InChI is InChI=1S/C21H22N4O2/c1-15-22-20(19-21(23-15)27-16(2)24-19)25(14-18-11-7-13-26-18)12-6-10-17-8-4-3-5-9-17/h3-5,8-9,18H,7,11-14H2,1-2H3/t18-/m1/s1. The molecule has 0 spiro atoms. The van der Waals surface area contributed by atoms with Gasteiger partial charge < -0.3 is 14.1 Å². The van der Waals surface area contributed by atoms with Crippen LogP contribution in [-0.2, 0) is 4.74 Å². The van der Waals surface area contributed by atoms with E-state index in [1.807, 2.05) is 44.2 Å². The first-order valence-corrected chi connectivity index (χ1v) is 9.21. The van der Waals surface area contributed by atoms with Gasteiger partial charge in [0.1, 0.15) is 5.82 Å². The van der Waals surface area contributed by atoms with Crippen LogP contribution in [0.3, 0.4) is 0 Å². The first-order valence-electron chi connectivity index (χ1n) is 9.21. The summed E-state index contributed by atoms with van der Waals surface area (Å²) < 4.78 is 11.5. The third kappa shape index (κ3) is 4.09. The summed E-state index contributed by atoms with van der Waals surface area (Å²) in [6.07, 6.45) is 2.32. The van der Waals surface area contributed by atoms with E-state index in [9.17, 15) is 0 Å². The largest absolute Gasteiger partial charge is 0.422 e. The number of anilines is 1. The fraction of sp³-hybridized carbons (Fsp3) is 0.381. The Hall–Kier alpha value is -2.91. The molecule has 138 valence electrons. The summed E-state index contributed by atoms with van der Waals surface area (Å²) in [6, 6.07) is 9.98. The van der Waals surface area contributed by atoms with Crippen LogP contribution < -0.4 is 4.90 Å². The Morgan fingerprint density at radius 3 is 2.78 bits per heavy atom. The van der Waals surface area contributed by atoms with E-state index in [1.165, 1.54) is 0 Å². The van der Waals surface area contributed by atoms with Gasteiger partial charge in [0.25, 0.3) is 5.71 Å². The summed E-state index contributed by atoms with van der Waals surface area (Å²) in [6.45, 7) is 5.75. The van der Waals surface area contributed by atoms with Crippen molar-refractivity contribution in [3.8, 4) is 11.8 Å². The lowest BCUT2D eigenvalue weighted by Crippen LogP contribution is -2.33. The number of aromatic nitrogens is 3. The molecule has 6 nitrogen and oxygen atoms in total. The molecular formula is C21H22N4O2. The lowest BCUT2D eigenvalue weighted by molar-refractivity contribution is 0.116. The van der Waals surface area contributed by atoms with Gasteiger partial charge in [0.15, 0.2) is 17.2 Å². The summed E-state index contributed by atoms with van der Waals surface area (Å²) in [5.41, 5.74) is 2.19. The Morgan fingerprint density at radius 1 is 1.15 bits per heavy atom. The van der Waals surface area contributed by atoms with Crippen LogP contribution in [0.2, 0.25) is 0 Å². The number of nitrogens with zero attached hydrogens (tertiary/aromatic N) is 4. The number of hydrogen-bond donors (Lipinski definition) is 0. The third-order valence-electron chi connectivity index (χ3n) is 4.48. The van der Waals surface area contributed by atoms with Gasteiger partial charge in [-0.1, -0.05) is 30.0 Å². The summed E-state index contributed by atoms with van der Waals surface area (Å²) in [7, 11) is 0. The normalized spacial score (nSPS) is 16.3. The smallest absolute Gasteiger partial charge is 0.252 e. The van der Waals surface area contributed by atoms with Gasteiger partial charge in [-0.2, -0.15) is 4.98 Å². The molecule has 0 aliphatic carbocycles. The minimum absolute atomic E-state index is 0.182. The zero-order valence-corrected chi connectivity index (χ0v) is 15.6. The molecule has 3 aromatic rings. The van der Waals surface area contributed by atoms with E-state index in [2.05, 4.69) is 31.7 Å². The molecule has 1 fully saturated rings.